The molecule has 1 aromatic heterocycles. The Morgan fingerprint density at radius 1 is 0.974 bits per heavy atom. The topological polar surface area (TPSA) is 88.7 Å². The minimum Gasteiger partial charge on any atom is -0.497 e. The van der Waals surface area contributed by atoms with Crippen LogP contribution in [0.4, 0.5) is 5.69 Å². The van der Waals surface area contributed by atoms with Gasteiger partial charge in [0.25, 0.3) is 0 Å². The predicted molar refractivity (Wildman–Crippen MR) is 148 cm³/mol. The van der Waals surface area contributed by atoms with Crippen molar-refractivity contribution < 1.29 is 19.1 Å². The van der Waals surface area contributed by atoms with E-state index < -0.39 is 17.1 Å². The van der Waals surface area contributed by atoms with Crippen LogP contribution in [0.2, 0.25) is 5.02 Å². The van der Waals surface area contributed by atoms with Crippen LogP contribution < -0.4 is 19.2 Å². The minimum atomic E-state index is -0.704. The SMILES string of the molecule is COc1ccc(N2C(=O)[C@H]3[C@H](c4ccccc4OCc4cccc(Cl)c4)c4sc(=O)[nH]c4S[C@H]3C2=O)cc1. The van der Waals surface area contributed by atoms with Gasteiger partial charge < -0.3 is 14.5 Å². The van der Waals surface area contributed by atoms with Gasteiger partial charge in [0.1, 0.15) is 23.4 Å². The van der Waals surface area contributed by atoms with Gasteiger partial charge in [0.2, 0.25) is 11.8 Å². The highest BCUT2D eigenvalue weighted by Crippen LogP contribution is 2.54. The van der Waals surface area contributed by atoms with Crippen LogP contribution in [0.15, 0.2) is 82.6 Å². The number of halogens is 1. The Balaban J connectivity index is 1.41. The largest absolute Gasteiger partial charge is 0.497 e. The van der Waals surface area contributed by atoms with Crippen molar-refractivity contribution in [2.24, 2.45) is 5.92 Å². The monoisotopic (exact) mass is 564 g/mol. The summed E-state index contributed by atoms with van der Waals surface area (Å²) >= 11 is 8.45. The third-order valence-electron chi connectivity index (χ3n) is 6.69. The Kier molecular flexibility index (Phi) is 6.51. The summed E-state index contributed by atoms with van der Waals surface area (Å²) < 4.78 is 11.5. The highest BCUT2D eigenvalue weighted by Gasteiger charge is 2.56. The van der Waals surface area contributed by atoms with Gasteiger partial charge in [0.15, 0.2) is 0 Å². The molecule has 0 saturated carbocycles. The third kappa shape index (κ3) is 4.30. The Morgan fingerprint density at radius 2 is 1.76 bits per heavy atom. The van der Waals surface area contributed by atoms with Gasteiger partial charge in [0.05, 0.1) is 23.7 Å². The van der Waals surface area contributed by atoms with Gasteiger partial charge in [-0.3, -0.25) is 14.4 Å². The zero-order valence-corrected chi connectivity index (χ0v) is 22.4. The molecule has 7 nitrogen and oxygen atoms in total. The lowest BCUT2D eigenvalue weighted by Gasteiger charge is -2.30. The van der Waals surface area contributed by atoms with Gasteiger partial charge in [-0.15, -0.1) is 0 Å². The zero-order chi connectivity index (χ0) is 26.4. The number of aromatic nitrogens is 1. The van der Waals surface area contributed by atoms with E-state index in [4.69, 9.17) is 21.1 Å². The predicted octanol–water partition coefficient (Wildman–Crippen LogP) is 5.47. The van der Waals surface area contributed by atoms with Crippen molar-refractivity contribution in [2.45, 2.75) is 22.8 Å². The second-order valence-electron chi connectivity index (χ2n) is 8.92. The molecule has 1 saturated heterocycles. The molecule has 2 aliphatic rings. The quantitative estimate of drug-likeness (QED) is 0.312. The number of carbonyl (C=O) groups is 2. The third-order valence-corrected chi connectivity index (χ3v) is 9.33. The first-order valence-electron chi connectivity index (χ1n) is 11.8. The fourth-order valence-corrected chi connectivity index (χ4v) is 7.71. The van der Waals surface area contributed by atoms with Gasteiger partial charge in [0, 0.05) is 21.4 Å². The molecule has 2 aliphatic heterocycles. The average Bonchev–Trinajstić information content (AvgIpc) is 3.42. The van der Waals surface area contributed by atoms with Gasteiger partial charge >= 0.3 is 4.87 Å². The van der Waals surface area contributed by atoms with Gasteiger partial charge in [-0.25, -0.2) is 4.90 Å². The van der Waals surface area contributed by atoms with Gasteiger partial charge in [-0.1, -0.05) is 65.0 Å². The first kappa shape index (κ1) is 24.8. The molecule has 1 N–H and O–H groups in total. The first-order valence-corrected chi connectivity index (χ1v) is 13.9. The molecular weight excluding hydrogens is 544 g/mol. The van der Waals surface area contributed by atoms with E-state index in [0.29, 0.717) is 27.2 Å². The number of anilines is 1. The number of nitrogens with zero attached hydrogens (tertiary/aromatic N) is 1. The fraction of sp³-hybridized carbons (Fsp3) is 0.179. The molecule has 3 atom stereocenters. The molecule has 3 heterocycles. The number of benzene rings is 3. The molecular formula is C28H21ClN2O5S2. The summed E-state index contributed by atoms with van der Waals surface area (Å²) in [7, 11) is 1.56. The highest BCUT2D eigenvalue weighted by molar-refractivity contribution is 8.00. The van der Waals surface area contributed by atoms with E-state index in [1.54, 1.807) is 37.4 Å². The van der Waals surface area contributed by atoms with Crippen molar-refractivity contribution in [3.05, 3.63) is 103 Å². The molecule has 4 aromatic rings. The van der Waals surface area contributed by atoms with Crippen LogP contribution >= 0.6 is 34.7 Å². The second kappa shape index (κ2) is 9.98. The van der Waals surface area contributed by atoms with Crippen molar-refractivity contribution in [3.63, 3.8) is 0 Å². The summed E-state index contributed by atoms with van der Waals surface area (Å²) in [6.45, 7) is 0.272. The Hall–Kier alpha value is -3.53. The van der Waals surface area contributed by atoms with Crippen molar-refractivity contribution >= 4 is 52.2 Å². The molecule has 0 spiro atoms. The summed E-state index contributed by atoms with van der Waals surface area (Å²) in [6.07, 6.45) is 0. The summed E-state index contributed by atoms with van der Waals surface area (Å²) in [5.41, 5.74) is 2.13. The van der Waals surface area contributed by atoms with Gasteiger partial charge in [-0.2, -0.15) is 0 Å². The van der Waals surface area contributed by atoms with Crippen LogP contribution in [0.5, 0.6) is 11.5 Å². The number of methoxy groups -OCH3 is 1. The van der Waals surface area contributed by atoms with Crippen molar-refractivity contribution in [1.82, 2.24) is 4.98 Å². The number of ether oxygens (including phenoxy) is 2. The Morgan fingerprint density at radius 3 is 2.53 bits per heavy atom. The van der Waals surface area contributed by atoms with E-state index in [-0.39, 0.29) is 23.3 Å². The first-order chi connectivity index (χ1) is 18.4. The number of nitrogens with one attached hydrogen (secondary N) is 1. The maximum atomic E-state index is 14.0. The molecule has 0 unspecified atom stereocenters. The van der Waals surface area contributed by atoms with Crippen LogP contribution in [-0.4, -0.2) is 29.2 Å². The molecule has 2 amide bonds. The molecule has 10 heteroatoms. The number of imide groups is 1. The number of aromatic amines is 1. The lowest BCUT2D eigenvalue weighted by atomic mass is 9.82. The molecule has 3 aromatic carbocycles. The summed E-state index contributed by atoms with van der Waals surface area (Å²) in [5, 5.41) is 0.545. The maximum Gasteiger partial charge on any atom is 0.305 e. The number of hydrogen-bond donors (Lipinski definition) is 1. The number of amides is 2. The highest BCUT2D eigenvalue weighted by atomic mass is 35.5. The summed E-state index contributed by atoms with van der Waals surface area (Å²) in [6, 6.07) is 21.7. The number of carbonyl (C=O) groups excluding carboxylic acids is 2. The standard InChI is InChI=1S/C28H21ClN2O5S2/c1-35-18-11-9-17(10-12-18)31-26(32)22-21(23-25(30-28(34)38-23)37-24(22)27(31)33)19-7-2-3-8-20(19)36-14-15-5-4-6-16(29)13-15/h2-13,21-22,24H,14H2,1H3,(H,30,34)/t21-,22-,24+/m0/s1. The number of para-hydroxylation sites is 1. The van der Waals surface area contributed by atoms with E-state index in [2.05, 4.69) is 4.98 Å². The number of thiazole rings is 1. The lowest BCUT2D eigenvalue weighted by Crippen LogP contribution is -2.32. The smallest absolute Gasteiger partial charge is 0.305 e. The van der Waals surface area contributed by atoms with Crippen molar-refractivity contribution in [1.29, 1.82) is 0 Å². The summed E-state index contributed by atoms with van der Waals surface area (Å²) in [4.78, 5) is 44.6. The number of thioether (sulfide) groups is 1. The average molecular weight is 565 g/mol. The molecule has 6 rings (SSSR count). The van der Waals surface area contributed by atoms with Crippen molar-refractivity contribution in [3.8, 4) is 11.5 Å². The molecule has 38 heavy (non-hydrogen) atoms. The minimum absolute atomic E-state index is 0.225. The zero-order valence-electron chi connectivity index (χ0n) is 20.1. The van der Waals surface area contributed by atoms with E-state index in [1.165, 1.54) is 16.7 Å². The molecule has 192 valence electrons. The van der Waals surface area contributed by atoms with E-state index in [0.717, 1.165) is 27.3 Å². The van der Waals surface area contributed by atoms with E-state index >= 15 is 0 Å². The van der Waals surface area contributed by atoms with Crippen LogP contribution in [0, 0.1) is 5.92 Å². The Labute approximate surface area is 231 Å². The number of rotatable bonds is 6. The molecule has 1 fully saturated rings. The summed E-state index contributed by atoms with van der Waals surface area (Å²) in [5.74, 6) is -0.643. The molecule has 0 radical (unpaired) electrons. The van der Waals surface area contributed by atoms with Crippen LogP contribution in [-0.2, 0) is 16.2 Å². The maximum absolute atomic E-state index is 14.0. The lowest BCUT2D eigenvalue weighted by molar-refractivity contribution is -0.122. The van der Waals surface area contributed by atoms with E-state index in [1.807, 2.05) is 42.5 Å². The molecule has 0 bridgehead atoms. The Bertz CT molecular complexity index is 1600. The number of H-pyrrole nitrogens is 1. The molecule has 0 aliphatic carbocycles. The van der Waals surface area contributed by atoms with Crippen molar-refractivity contribution in [2.75, 3.05) is 12.0 Å². The fourth-order valence-electron chi connectivity index (χ4n) is 4.99. The van der Waals surface area contributed by atoms with Crippen LogP contribution in [0.25, 0.3) is 0 Å². The van der Waals surface area contributed by atoms with Crippen LogP contribution in [0.1, 0.15) is 21.9 Å². The second-order valence-corrected chi connectivity index (χ2v) is 11.5. The van der Waals surface area contributed by atoms with E-state index in [9.17, 15) is 14.4 Å². The number of hydrogen-bond acceptors (Lipinski definition) is 7. The van der Waals surface area contributed by atoms with Gasteiger partial charge in [-0.05, 0) is 48.0 Å². The normalized spacial score (nSPS) is 20.3. The number of fused-ring (bicyclic) bond motifs is 2. The van der Waals surface area contributed by atoms with Crippen LogP contribution in [0.3, 0.4) is 0 Å².